The van der Waals surface area contributed by atoms with Crippen molar-refractivity contribution < 1.29 is 9.53 Å². The Morgan fingerprint density at radius 3 is 2.40 bits per heavy atom. The highest BCUT2D eigenvalue weighted by Crippen LogP contribution is 2.34. The number of nitrogens with one attached hydrogen (secondary N) is 2. The van der Waals surface area contributed by atoms with Crippen LogP contribution in [0.1, 0.15) is 17.2 Å². The number of hydrogen-bond acceptors (Lipinski definition) is 4. The number of amides is 2. The maximum Gasteiger partial charge on any atom is 0.320 e. The quantitative estimate of drug-likeness (QED) is 0.794. The third-order valence-electron chi connectivity index (χ3n) is 3.99. The normalized spacial score (nSPS) is 16.9. The molecule has 0 aromatic heterocycles. The SMILES string of the molecule is COc1ccc(C2=C(C(=S)SC)C(c3ccccc3)NC(=O)N2)cc1. The first-order chi connectivity index (χ1) is 12.1. The molecule has 1 aliphatic rings. The van der Waals surface area contributed by atoms with Crippen LogP contribution in [0.5, 0.6) is 5.75 Å². The van der Waals surface area contributed by atoms with Crippen LogP contribution in [0.15, 0.2) is 60.2 Å². The van der Waals surface area contributed by atoms with E-state index in [9.17, 15) is 4.79 Å². The van der Waals surface area contributed by atoms with E-state index in [2.05, 4.69) is 10.6 Å². The number of thiocarbonyl (C=S) groups is 1. The third-order valence-corrected chi connectivity index (χ3v) is 5.30. The fourth-order valence-corrected chi connectivity index (χ4v) is 3.44. The number of hydrogen-bond donors (Lipinski definition) is 2. The fraction of sp³-hybridized carbons (Fsp3) is 0.158. The van der Waals surface area contributed by atoms with E-state index >= 15 is 0 Å². The molecule has 1 unspecified atom stereocenters. The Morgan fingerprint density at radius 2 is 1.80 bits per heavy atom. The summed E-state index contributed by atoms with van der Waals surface area (Å²) in [5.41, 5.74) is 3.52. The molecular weight excluding hydrogens is 352 g/mol. The van der Waals surface area contributed by atoms with E-state index in [4.69, 9.17) is 17.0 Å². The number of benzene rings is 2. The lowest BCUT2D eigenvalue weighted by Gasteiger charge is -2.31. The Kier molecular flexibility index (Phi) is 5.40. The monoisotopic (exact) mass is 370 g/mol. The van der Waals surface area contributed by atoms with Crippen molar-refractivity contribution in [1.82, 2.24) is 10.6 Å². The van der Waals surface area contributed by atoms with Gasteiger partial charge >= 0.3 is 6.03 Å². The second kappa shape index (κ2) is 7.72. The van der Waals surface area contributed by atoms with Gasteiger partial charge < -0.3 is 15.4 Å². The summed E-state index contributed by atoms with van der Waals surface area (Å²) >= 11 is 7.10. The van der Waals surface area contributed by atoms with E-state index in [0.29, 0.717) is 0 Å². The number of methoxy groups -OCH3 is 1. The van der Waals surface area contributed by atoms with E-state index < -0.39 is 0 Å². The summed E-state index contributed by atoms with van der Waals surface area (Å²) in [5, 5.41) is 5.91. The number of carbonyl (C=O) groups is 1. The van der Waals surface area contributed by atoms with Crippen LogP contribution in [0.2, 0.25) is 0 Å². The van der Waals surface area contributed by atoms with Gasteiger partial charge in [-0.2, -0.15) is 0 Å². The molecule has 1 atom stereocenters. The summed E-state index contributed by atoms with van der Waals surface area (Å²) in [6.07, 6.45) is 1.94. The Labute approximate surface area is 156 Å². The second-order valence-corrected chi connectivity index (χ2v) is 6.93. The average Bonchev–Trinajstić information content (AvgIpc) is 2.67. The number of ether oxygens (including phenoxy) is 1. The average molecular weight is 370 g/mol. The van der Waals surface area contributed by atoms with Crippen molar-refractivity contribution in [1.29, 1.82) is 0 Å². The molecule has 2 aromatic carbocycles. The molecule has 0 fully saturated rings. The van der Waals surface area contributed by atoms with Gasteiger partial charge in [-0.25, -0.2) is 4.79 Å². The van der Waals surface area contributed by atoms with Crippen molar-refractivity contribution in [3.63, 3.8) is 0 Å². The van der Waals surface area contributed by atoms with E-state index in [-0.39, 0.29) is 12.1 Å². The van der Waals surface area contributed by atoms with Gasteiger partial charge in [0.15, 0.2) is 0 Å². The Balaban J connectivity index is 2.15. The van der Waals surface area contributed by atoms with Crippen LogP contribution < -0.4 is 15.4 Å². The topological polar surface area (TPSA) is 50.4 Å². The van der Waals surface area contributed by atoms with Crippen molar-refractivity contribution in [3.8, 4) is 5.75 Å². The molecule has 0 radical (unpaired) electrons. The minimum atomic E-state index is -0.285. The molecule has 2 amide bonds. The molecule has 2 N–H and O–H groups in total. The predicted octanol–water partition coefficient (Wildman–Crippen LogP) is 4.15. The molecule has 0 spiro atoms. The zero-order chi connectivity index (χ0) is 17.8. The van der Waals surface area contributed by atoms with Gasteiger partial charge in [-0.3, -0.25) is 0 Å². The highest BCUT2D eigenvalue weighted by molar-refractivity contribution is 8.23. The molecule has 1 heterocycles. The van der Waals surface area contributed by atoms with Gasteiger partial charge in [0.25, 0.3) is 0 Å². The highest BCUT2D eigenvalue weighted by atomic mass is 32.2. The standard InChI is InChI=1S/C19H18N2O2S2/c1-23-14-10-8-13(9-11-14)17-15(18(24)25-2)16(20-19(22)21-17)12-6-4-3-5-7-12/h3-11,16H,1-2H3,(H2,20,21,22). The number of thioether (sulfide) groups is 1. The van der Waals surface area contributed by atoms with Gasteiger partial charge in [-0.1, -0.05) is 42.5 Å². The molecule has 128 valence electrons. The molecular formula is C19H18N2O2S2. The lowest BCUT2D eigenvalue weighted by Crippen LogP contribution is -2.44. The maximum atomic E-state index is 12.3. The number of carbonyl (C=O) groups excluding carboxylic acids is 1. The van der Waals surface area contributed by atoms with Crippen LogP contribution >= 0.6 is 24.0 Å². The molecule has 3 rings (SSSR count). The van der Waals surface area contributed by atoms with Gasteiger partial charge in [-0.15, -0.1) is 11.8 Å². The van der Waals surface area contributed by atoms with Crippen molar-refractivity contribution in [2.24, 2.45) is 0 Å². The maximum absolute atomic E-state index is 12.3. The summed E-state index contributed by atoms with van der Waals surface area (Å²) in [5.74, 6) is 0.762. The fourth-order valence-electron chi connectivity index (χ4n) is 2.78. The number of urea groups is 1. The van der Waals surface area contributed by atoms with Crippen LogP contribution in [-0.4, -0.2) is 23.6 Å². The van der Waals surface area contributed by atoms with Crippen LogP contribution in [0.3, 0.4) is 0 Å². The second-order valence-electron chi connectivity index (χ2n) is 5.45. The third kappa shape index (κ3) is 3.70. The van der Waals surface area contributed by atoms with Crippen molar-refractivity contribution in [3.05, 3.63) is 71.3 Å². The summed E-state index contributed by atoms with van der Waals surface area (Å²) in [4.78, 5) is 12.3. The first-order valence-electron chi connectivity index (χ1n) is 7.73. The molecule has 2 aromatic rings. The first-order valence-corrected chi connectivity index (χ1v) is 9.36. The van der Waals surface area contributed by atoms with Crippen LogP contribution in [0, 0.1) is 0 Å². The van der Waals surface area contributed by atoms with Gasteiger partial charge in [0.1, 0.15) is 5.75 Å². The van der Waals surface area contributed by atoms with E-state index in [1.54, 1.807) is 7.11 Å². The minimum absolute atomic E-state index is 0.243. The molecule has 0 saturated heterocycles. The molecule has 6 heteroatoms. The molecule has 4 nitrogen and oxygen atoms in total. The Hall–Kier alpha value is -2.31. The van der Waals surface area contributed by atoms with E-state index in [0.717, 1.165) is 32.3 Å². The summed E-state index contributed by atoms with van der Waals surface area (Å²) in [6.45, 7) is 0. The Morgan fingerprint density at radius 1 is 1.12 bits per heavy atom. The summed E-state index contributed by atoms with van der Waals surface area (Å²) < 4.78 is 5.96. The smallest absolute Gasteiger partial charge is 0.320 e. The van der Waals surface area contributed by atoms with E-state index in [1.165, 1.54) is 11.8 Å². The zero-order valence-corrected chi connectivity index (χ0v) is 15.5. The molecule has 25 heavy (non-hydrogen) atoms. The van der Waals surface area contributed by atoms with Crippen molar-refractivity contribution in [2.45, 2.75) is 6.04 Å². The highest BCUT2D eigenvalue weighted by Gasteiger charge is 2.31. The molecule has 0 saturated carbocycles. The lowest BCUT2D eigenvalue weighted by molar-refractivity contribution is 0.241. The van der Waals surface area contributed by atoms with Crippen LogP contribution in [0.4, 0.5) is 4.79 Å². The van der Waals surface area contributed by atoms with Gasteiger partial charge in [-0.05, 0) is 41.6 Å². The molecule has 0 bridgehead atoms. The first kappa shape index (κ1) is 17.5. The van der Waals surface area contributed by atoms with Gasteiger partial charge in [0, 0.05) is 5.57 Å². The molecule has 1 aliphatic heterocycles. The van der Waals surface area contributed by atoms with Gasteiger partial charge in [0.05, 0.1) is 23.0 Å². The lowest BCUT2D eigenvalue weighted by atomic mass is 9.94. The summed E-state index contributed by atoms with van der Waals surface area (Å²) in [6, 6.07) is 16.9. The zero-order valence-electron chi connectivity index (χ0n) is 13.9. The van der Waals surface area contributed by atoms with E-state index in [1.807, 2.05) is 60.9 Å². The van der Waals surface area contributed by atoms with Crippen LogP contribution in [0.25, 0.3) is 5.70 Å². The van der Waals surface area contributed by atoms with Crippen molar-refractivity contribution in [2.75, 3.05) is 13.4 Å². The van der Waals surface area contributed by atoms with Crippen LogP contribution in [-0.2, 0) is 0 Å². The number of rotatable bonds is 4. The summed E-state index contributed by atoms with van der Waals surface area (Å²) in [7, 11) is 1.63. The van der Waals surface area contributed by atoms with Gasteiger partial charge in [0.2, 0.25) is 0 Å². The largest absolute Gasteiger partial charge is 0.497 e. The molecule has 0 aliphatic carbocycles. The predicted molar refractivity (Wildman–Crippen MR) is 107 cm³/mol. The minimum Gasteiger partial charge on any atom is -0.497 e. The van der Waals surface area contributed by atoms with Crippen molar-refractivity contribution >= 4 is 39.9 Å². The Bertz CT molecular complexity index is 817.